The standard InChI is InChI=1S/C15H15N3OS/c16-8-9-19-12-5-3-4-11(10-12)17-15-13-6-1-2-7-14(13)18-20-15/h1-7,10,17H,8-9,16H2. The quantitative estimate of drug-likeness (QED) is 0.754. The van der Waals surface area contributed by atoms with Gasteiger partial charge in [-0.25, -0.2) is 0 Å². The topological polar surface area (TPSA) is 60.2 Å². The second-order valence-electron chi connectivity index (χ2n) is 4.32. The van der Waals surface area contributed by atoms with E-state index in [0.29, 0.717) is 13.2 Å². The van der Waals surface area contributed by atoms with Gasteiger partial charge in [0.2, 0.25) is 0 Å². The highest BCUT2D eigenvalue weighted by molar-refractivity contribution is 7.11. The molecule has 0 aliphatic rings. The summed E-state index contributed by atoms with van der Waals surface area (Å²) in [6.45, 7) is 1.03. The molecule has 0 unspecified atom stereocenters. The lowest BCUT2D eigenvalue weighted by Crippen LogP contribution is -2.10. The zero-order valence-electron chi connectivity index (χ0n) is 10.9. The van der Waals surface area contributed by atoms with E-state index in [-0.39, 0.29) is 0 Å². The van der Waals surface area contributed by atoms with Gasteiger partial charge in [-0.15, -0.1) is 0 Å². The Labute approximate surface area is 121 Å². The molecule has 0 aliphatic heterocycles. The van der Waals surface area contributed by atoms with Crippen molar-refractivity contribution in [3.8, 4) is 5.75 Å². The Hall–Kier alpha value is -2.11. The summed E-state index contributed by atoms with van der Waals surface area (Å²) in [7, 11) is 0. The third-order valence-electron chi connectivity index (χ3n) is 2.86. The number of ether oxygens (including phenoxy) is 1. The molecular weight excluding hydrogens is 270 g/mol. The summed E-state index contributed by atoms with van der Waals surface area (Å²) in [5.41, 5.74) is 7.43. The molecule has 20 heavy (non-hydrogen) atoms. The van der Waals surface area contributed by atoms with Crippen molar-refractivity contribution >= 4 is 33.1 Å². The van der Waals surface area contributed by atoms with Crippen molar-refractivity contribution in [3.05, 3.63) is 48.5 Å². The van der Waals surface area contributed by atoms with Crippen LogP contribution in [0.5, 0.6) is 5.75 Å². The van der Waals surface area contributed by atoms with Gasteiger partial charge in [-0.1, -0.05) is 18.2 Å². The van der Waals surface area contributed by atoms with Crippen LogP contribution in [-0.4, -0.2) is 17.5 Å². The molecule has 0 aliphatic carbocycles. The van der Waals surface area contributed by atoms with Crippen LogP contribution in [0.1, 0.15) is 0 Å². The number of hydrogen-bond acceptors (Lipinski definition) is 5. The first kappa shape index (κ1) is 12.9. The lowest BCUT2D eigenvalue weighted by atomic mass is 10.2. The lowest BCUT2D eigenvalue weighted by Gasteiger charge is -2.08. The van der Waals surface area contributed by atoms with E-state index in [1.807, 2.05) is 42.5 Å². The molecule has 4 nitrogen and oxygen atoms in total. The van der Waals surface area contributed by atoms with E-state index in [0.717, 1.165) is 27.3 Å². The van der Waals surface area contributed by atoms with E-state index in [1.54, 1.807) is 0 Å². The summed E-state index contributed by atoms with van der Waals surface area (Å²) in [6.07, 6.45) is 0. The summed E-state index contributed by atoms with van der Waals surface area (Å²) in [5, 5.41) is 5.56. The molecule has 3 N–H and O–H groups in total. The minimum atomic E-state index is 0.511. The predicted molar refractivity (Wildman–Crippen MR) is 83.9 cm³/mol. The maximum absolute atomic E-state index is 5.53. The minimum absolute atomic E-state index is 0.511. The largest absolute Gasteiger partial charge is 0.492 e. The minimum Gasteiger partial charge on any atom is -0.492 e. The Morgan fingerprint density at radius 2 is 2.05 bits per heavy atom. The second kappa shape index (κ2) is 5.90. The monoisotopic (exact) mass is 285 g/mol. The summed E-state index contributed by atoms with van der Waals surface area (Å²) < 4.78 is 9.94. The van der Waals surface area contributed by atoms with Crippen LogP contribution in [0, 0.1) is 0 Å². The molecule has 0 atom stereocenters. The van der Waals surface area contributed by atoms with Crippen LogP contribution in [0.4, 0.5) is 10.7 Å². The Morgan fingerprint density at radius 1 is 1.15 bits per heavy atom. The number of nitrogens with two attached hydrogens (primary N) is 1. The average Bonchev–Trinajstić information content (AvgIpc) is 2.89. The smallest absolute Gasteiger partial charge is 0.121 e. The molecule has 0 amide bonds. The Morgan fingerprint density at radius 3 is 2.95 bits per heavy atom. The van der Waals surface area contributed by atoms with Crippen LogP contribution in [0.2, 0.25) is 0 Å². The van der Waals surface area contributed by atoms with E-state index in [9.17, 15) is 0 Å². The van der Waals surface area contributed by atoms with E-state index in [1.165, 1.54) is 11.5 Å². The number of benzene rings is 2. The second-order valence-corrected chi connectivity index (χ2v) is 5.09. The first-order chi connectivity index (χ1) is 9.86. The van der Waals surface area contributed by atoms with Crippen LogP contribution in [0.3, 0.4) is 0 Å². The molecule has 5 heteroatoms. The van der Waals surface area contributed by atoms with Crippen LogP contribution in [0.25, 0.3) is 10.9 Å². The molecule has 3 aromatic rings. The third-order valence-corrected chi connectivity index (χ3v) is 3.65. The average molecular weight is 285 g/mol. The first-order valence-corrected chi connectivity index (χ1v) is 7.18. The summed E-state index contributed by atoms with van der Waals surface area (Å²) in [6, 6.07) is 15.9. The fourth-order valence-corrected chi connectivity index (χ4v) is 2.73. The molecule has 0 bridgehead atoms. The van der Waals surface area contributed by atoms with E-state index < -0.39 is 0 Å². The third kappa shape index (κ3) is 2.74. The molecular formula is C15H15N3OS. The van der Waals surface area contributed by atoms with Gasteiger partial charge in [0.1, 0.15) is 17.4 Å². The highest BCUT2D eigenvalue weighted by atomic mass is 32.1. The van der Waals surface area contributed by atoms with Gasteiger partial charge in [-0.05, 0) is 35.8 Å². The molecule has 0 radical (unpaired) electrons. The normalized spacial score (nSPS) is 10.7. The van der Waals surface area contributed by atoms with Crippen molar-refractivity contribution in [1.29, 1.82) is 0 Å². The molecule has 102 valence electrons. The van der Waals surface area contributed by atoms with Gasteiger partial charge in [-0.3, -0.25) is 0 Å². The first-order valence-electron chi connectivity index (χ1n) is 6.41. The SMILES string of the molecule is NCCOc1cccc(Nc2snc3ccccc23)c1. The zero-order valence-corrected chi connectivity index (χ0v) is 11.7. The fourth-order valence-electron chi connectivity index (χ4n) is 1.95. The number of fused-ring (bicyclic) bond motifs is 1. The molecule has 0 saturated heterocycles. The van der Waals surface area contributed by atoms with Crippen molar-refractivity contribution in [3.63, 3.8) is 0 Å². The number of nitrogens with one attached hydrogen (secondary N) is 1. The van der Waals surface area contributed by atoms with Gasteiger partial charge in [0.25, 0.3) is 0 Å². The number of anilines is 2. The molecule has 1 heterocycles. The van der Waals surface area contributed by atoms with Gasteiger partial charge in [0, 0.05) is 23.7 Å². The Bertz CT molecular complexity index is 711. The van der Waals surface area contributed by atoms with Crippen molar-refractivity contribution in [1.82, 2.24) is 4.37 Å². The highest BCUT2D eigenvalue weighted by Crippen LogP contribution is 2.31. The number of aromatic nitrogens is 1. The number of hydrogen-bond donors (Lipinski definition) is 2. The Balaban J connectivity index is 1.83. The van der Waals surface area contributed by atoms with Crippen molar-refractivity contribution < 1.29 is 4.74 Å². The van der Waals surface area contributed by atoms with E-state index >= 15 is 0 Å². The van der Waals surface area contributed by atoms with E-state index in [2.05, 4.69) is 15.8 Å². The maximum Gasteiger partial charge on any atom is 0.121 e. The van der Waals surface area contributed by atoms with Crippen LogP contribution in [0.15, 0.2) is 48.5 Å². The van der Waals surface area contributed by atoms with Gasteiger partial charge in [-0.2, -0.15) is 4.37 Å². The zero-order chi connectivity index (χ0) is 13.8. The van der Waals surface area contributed by atoms with Gasteiger partial charge in [0.15, 0.2) is 0 Å². The summed E-state index contributed by atoms with van der Waals surface area (Å²) >= 11 is 1.46. The van der Waals surface area contributed by atoms with Crippen LogP contribution >= 0.6 is 11.5 Å². The van der Waals surface area contributed by atoms with Crippen molar-refractivity contribution in [2.75, 3.05) is 18.5 Å². The summed E-state index contributed by atoms with van der Waals surface area (Å²) in [5.74, 6) is 0.814. The molecule has 0 fully saturated rings. The number of rotatable bonds is 5. The highest BCUT2D eigenvalue weighted by Gasteiger charge is 2.05. The molecule has 1 aromatic heterocycles. The van der Waals surface area contributed by atoms with Crippen LogP contribution in [-0.2, 0) is 0 Å². The van der Waals surface area contributed by atoms with Gasteiger partial charge in [0.05, 0.1) is 5.52 Å². The summed E-state index contributed by atoms with van der Waals surface area (Å²) in [4.78, 5) is 0. The maximum atomic E-state index is 5.53. The van der Waals surface area contributed by atoms with Crippen LogP contribution < -0.4 is 15.8 Å². The molecule has 0 spiro atoms. The van der Waals surface area contributed by atoms with Crippen molar-refractivity contribution in [2.45, 2.75) is 0 Å². The van der Waals surface area contributed by atoms with E-state index in [4.69, 9.17) is 10.5 Å². The lowest BCUT2D eigenvalue weighted by molar-refractivity contribution is 0.328. The molecule has 3 rings (SSSR count). The predicted octanol–water partition coefficient (Wildman–Crippen LogP) is 3.38. The van der Waals surface area contributed by atoms with Gasteiger partial charge >= 0.3 is 0 Å². The molecule has 0 saturated carbocycles. The number of nitrogens with zero attached hydrogens (tertiary/aromatic N) is 1. The Kier molecular flexibility index (Phi) is 3.80. The fraction of sp³-hybridized carbons (Fsp3) is 0.133. The molecule has 2 aromatic carbocycles. The van der Waals surface area contributed by atoms with Gasteiger partial charge < -0.3 is 15.8 Å². The van der Waals surface area contributed by atoms with Crippen molar-refractivity contribution in [2.24, 2.45) is 5.73 Å².